The minimum Gasteiger partial charge on any atom is -0.492 e. The van der Waals surface area contributed by atoms with E-state index in [2.05, 4.69) is 14.9 Å². The molecule has 1 atom stereocenters. The molecule has 7 nitrogen and oxygen atoms in total. The summed E-state index contributed by atoms with van der Waals surface area (Å²) in [5.41, 5.74) is 7.66. The van der Waals surface area contributed by atoms with E-state index in [9.17, 15) is 4.39 Å². The van der Waals surface area contributed by atoms with Gasteiger partial charge in [0, 0.05) is 35.8 Å². The van der Waals surface area contributed by atoms with E-state index in [1.54, 1.807) is 13.1 Å². The van der Waals surface area contributed by atoms with Crippen LogP contribution in [-0.2, 0) is 4.74 Å². The smallest absolute Gasteiger partial charge is 0.258 e. The van der Waals surface area contributed by atoms with Crippen LogP contribution in [0.15, 0.2) is 42.6 Å². The van der Waals surface area contributed by atoms with Crippen LogP contribution in [-0.4, -0.2) is 54.3 Å². The van der Waals surface area contributed by atoms with Crippen LogP contribution in [0.25, 0.3) is 11.3 Å². The van der Waals surface area contributed by atoms with Crippen molar-refractivity contribution in [1.82, 2.24) is 14.9 Å². The molecule has 0 radical (unpaired) electrons. The molecule has 1 fully saturated rings. The van der Waals surface area contributed by atoms with Crippen LogP contribution >= 0.6 is 23.2 Å². The van der Waals surface area contributed by atoms with Crippen molar-refractivity contribution in [2.45, 2.75) is 13.0 Å². The molecule has 34 heavy (non-hydrogen) atoms. The van der Waals surface area contributed by atoms with Gasteiger partial charge in [-0.25, -0.2) is 14.4 Å². The molecule has 2 N–H and O–H groups in total. The molecule has 0 bridgehead atoms. The van der Waals surface area contributed by atoms with Crippen LogP contribution < -0.4 is 15.2 Å². The topological polar surface area (TPSA) is 82.7 Å². The number of nitrogen functional groups attached to an aromatic ring is 1. The first-order valence-electron chi connectivity index (χ1n) is 10.9. The molecule has 3 aromatic rings. The number of benzene rings is 2. The van der Waals surface area contributed by atoms with Crippen molar-refractivity contribution in [3.63, 3.8) is 0 Å². The van der Waals surface area contributed by atoms with Gasteiger partial charge in [0.05, 0.1) is 30.1 Å². The molecule has 180 valence electrons. The second kappa shape index (κ2) is 11.2. The molecule has 1 aromatic heterocycles. The summed E-state index contributed by atoms with van der Waals surface area (Å²) in [5.74, 6) is 0.382. The SMILES string of the molecule is CC(Oc1nc(-c2ccc(OCCN3CCOCC3)cc2)cnc1N)c1c(Cl)ccc(F)c1Cl. The normalized spacial score (nSPS) is 15.2. The Bertz CT molecular complexity index is 1130. The molecule has 2 heterocycles. The summed E-state index contributed by atoms with van der Waals surface area (Å²) in [6.07, 6.45) is 0.855. The average Bonchev–Trinajstić information content (AvgIpc) is 2.84. The number of ether oxygens (including phenoxy) is 3. The third-order valence-corrected chi connectivity index (χ3v) is 6.19. The standard InChI is InChI=1S/C24H25Cl2FN4O3/c1-15(21-18(25)6-7-19(27)22(21)26)34-24-23(28)29-14-20(30-24)16-2-4-17(5-3-16)33-13-10-31-8-11-32-12-9-31/h2-7,14-15H,8-13H2,1H3,(H2,28,29). The Morgan fingerprint density at radius 3 is 2.62 bits per heavy atom. The Hall–Kier alpha value is -2.65. The zero-order chi connectivity index (χ0) is 24.1. The van der Waals surface area contributed by atoms with Gasteiger partial charge in [0.15, 0.2) is 5.82 Å². The summed E-state index contributed by atoms with van der Waals surface area (Å²) in [5, 5.41) is 0.178. The summed E-state index contributed by atoms with van der Waals surface area (Å²) in [6, 6.07) is 10.2. The number of hydrogen-bond donors (Lipinski definition) is 1. The van der Waals surface area contributed by atoms with E-state index in [-0.39, 0.29) is 21.7 Å². The minimum absolute atomic E-state index is 0.0994. The fourth-order valence-electron chi connectivity index (χ4n) is 3.59. The van der Waals surface area contributed by atoms with Crippen molar-refractivity contribution in [2.75, 3.05) is 45.2 Å². The zero-order valence-electron chi connectivity index (χ0n) is 18.6. The number of aromatic nitrogens is 2. The summed E-state index contributed by atoms with van der Waals surface area (Å²) in [4.78, 5) is 11.0. The van der Waals surface area contributed by atoms with E-state index in [0.717, 1.165) is 44.2 Å². The van der Waals surface area contributed by atoms with Crippen molar-refractivity contribution in [3.8, 4) is 22.9 Å². The molecule has 4 rings (SSSR count). The molecule has 0 spiro atoms. The van der Waals surface area contributed by atoms with Crippen molar-refractivity contribution in [3.05, 3.63) is 64.0 Å². The lowest BCUT2D eigenvalue weighted by Gasteiger charge is -2.26. The van der Waals surface area contributed by atoms with E-state index < -0.39 is 11.9 Å². The van der Waals surface area contributed by atoms with Crippen molar-refractivity contribution >= 4 is 29.0 Å². The molecule has 2 aromatic carbocycles. The van der Waals surface area contributed by atoms with E-state index in [1.165, 1.54) is 12.1 Å². The molecule has 10 heteroatoms. The van der Waals surface area contributed by atoms with Crippen LogP contribution in [0, 0.1) is 5.82 Å². The molecule has 0 amide bonds. The highest BCUT2D eigenvalue weighted by Crippen LogP contribution is 2.35. The van der Waals surface area contributed by atoms with E-state index in [1.807, 2.05) is 24.3 Å². The predicted octanol–water partition coefficient (Wildman–Crippen LogP) is 5.02. The first kappa shape index (κ1) is 24.5. The van der Waals surface area contributed by atoms with Crippen molar-refractivity contribution in [2.24, 2.45) is 0 Å². The quantitative estimate of drug-likeness (QED) is 0.429. The maximum absolute atomic E-state index is 13.9. The Balaban J connectivity index is 1.43. The van der Waals surface area contributed by atoms with Crippen LogP contribution in [0.4, 0.5) is 10.2 Å². The van der Waals surface area contributed by atoms with Gasteiger partial charge in [0.2, 0.25) is 0 Å². The number of morpholine rings is 1. The Labute approximate surface area is 207 Å². The lowest BCUT2D eigenvalue weighted by atomic mass is 10.1. The van der Waals surface area contributed by atoms with Gasteiger partial charge in [-0.1, -0.05) is 23.2 Å². The van der Waals surface area contributed by atoms with Gasteiger partial charge in [0.1, 0.15) is 24.3 Å². The van der Waals surface area contributed by atoms with Gasteiger partial charge < -0.3 is 19.9 Å². The second-order valence-electron chi connectivity index (χ2n) is 7.79. The minimum atomic E-state index is -0.704. The van der Waals surface area contributed by atoms with Gasteiger partial charge in [0.25, 0.3) is 5.88 Å². The average molecular weight is 507 g/mol. The van der Waals surface area contributed by atoms with Crippen molar-refractivity contribution < 1.29 is 18.6 Å². The number of halogens is 3. The van der Waals surface area contributed by atoms with E-state index in [4.69, 9.17) is 43.1 Å². The highest BCUT2D eigenvalue weighted by atomic mass is 35.5. The van der Waals surface area contributed by atoms with Gasteiger partial charge in [-0.3, -0.25) is 4.90 Å². The van der Waals surface area contributed by atoms with E-state index in [0.29, 0.717) is 17.9 Å². The van der Waals surface area contributed by atoms with Crippen LogP contribution in [0.3, 0.4) is 0 Å². The zero-order valence-corrected chi connectivity index (χ0v) is 20.2. The summed E-state index contributed by atoms with van der Waals surface area (Å²) >= 11 is 12.3. The molecule has 0 aliphatic carbocycles. The Morgan fingerprint density at radius 2 is 1.88 bits per heavy atom. The fourth-order valence-corrected chi connectivity index (χ4v) is 4.27. The highest BCUT2D eigenvalue weighted by molar-refractivity contribution is 6.36. The Kier molecular flexibility index (Phi) is 8.05. The molecular weight excluding hydrogens is 482 g/mol. The second-order valence-corrected chi connectivity index (χ2v) is 8.57. The molecule has 1 saturated heterocycles. The van der Waals surface area contributed by atoms with Crippen LogP contribution in [0.2, 0.25) is 10.0 Å². The third-order valence-electron chi connectivity index (χ3n) is 5.47. The number of anilines is 1. The fraction of sp³-hybridized carbons (Fsp3) is 0.333. The summed E-state index contributed by atoms with van der Waals surface area (Å²) < 4.78 is 31.0. The molecule has 1 unspecified atom stereocenters. The van der Waals surface area contributed by atoms with Crippen LogP contribution in [0.1, 0.15) is 18.6 Å². The van der Waals surface area contributed by atoms with Crippen molar-refractivity contribution in [1.29, 1.82) is 0 Å². The Morgan fingerprint density at radius 1 is 1.15 bits per heavy atom. The van der Waals surface area contributed by atoms with E-state index >= 15 is 0 Å². The predicted molar refractivity (Wildman–Crippen MR) is 130 cm³/mol. The number of nitrogens with zero attached hydrogens (tertiary/aromatic N) is 3. The maximum Gasteiger partial charge on any atom is 0.258 e. The lowest BCUT2D eigenvalue weighted by Crippen LogP contribution is -2.38. The molecular formula is C24H25Cl2FN4O3. The monoisotopic (exact) mass is 506 g/mol. The van der Waals surface area contributed by atoms with Gasteiger partial charge in [-0.05, 0) is 43.3 Å². The van der Waals surface area contributed by atoms with Gasteiger partial charge in [-0.2, -0.15) is 0 Å². The summed E-state index contributed by atoms with van der Waals surface area (Å²) in [6.45, 7) is 6.53. The lowest BCUT2D eigenvalue weighted by molar-refractivity contribution is 0.0322. The molecule has 1 aliphatic rings. The van der Waals surface area contributed by atoms with Gasteiger partial charge in [-0.15, -0.1) is 0 Å². The number of nitrogens with two attached hydrogens (primary N) is 1. The maximum atomic E-state index is 13.9. The molecule has 1 aliphatic heterocycles. The number of hydrogen-bond acceptors (Lipinski definition) is 7. The van der Waals surface area contributed by atoms with Crippen LogP contribution in [0.5, 0.6) is 11.6 Å². The molecule has 0 saturated carbocycles. The number of rotatable bonds is 8. The first-order chi connectivity index (χ1) is 16.4. The first-order valence-corrected chi connectivity index (χ1v) is 11.6. The highest BCUT2D eigenvalue weighted by Gasteiger charge is 2.21. The largest absolute Gasteiger partial charge is 0.492 e. The summed E-state index contributed by atoms with van der Waals surface area (Å²) in [7, 11) is 0. The van der Waals surface area contributed by atoms with Gasteiger partial charge >= 0.3 is 0 Å². The third kappa shape index (κ3) is 5.88.